The number of ether oxygens (including phenoxy) is 2. The fourth-order valence-corrected chi connectivity index (χ4v) is 3.03. The van der Waals surface area contributed by atoms with Gasteiger partial charge >= 0.3 is 5.97 Å². The molecule has 1 fully saturated rings. The van der Waals surface area contributed by atoms with Crippen molar-refractivity contribution in [3.63, 3.8) is 0 Å². The molecule has 0 aromatic heterocycles. The average Bonchev–Trinajstić information content (AvgIpc) is 2.97. The van der Waals surface area contributed by atoms with Crippen LogP contribution in [0.4, 0.5) is 0 Å². The minimum Gasteiger partial charge on any atom is -0.491 e. The molecule has 0 N–H and O–H groups in total. The van der Waals surface area contributed by atoms with E-state index in [0.29, 0.717) is 0 Å². The van der Waals surface area contributed by atoms with Crippen LogP contribution in [0.25, 0.3) is 0 Å². The zero-order valence-corrected chi connectivity index (χ0v) is 15.1. The smallest absolute Gasteiger partial charge is 0.310 e. The summed E-state index contributed by atoms with van der Waals surface area (Å²) in [7, 11) is 0. The van der Waals surface area contributed by atoms with Crippen LogP contribution in [0, 0.1) is 17.3 Å². The number of para-hydroxylation sites is 1. The minimum absolute atomic E-state index is 0.0116. The molecule has 1 aromatic carbocycles. The maximum Gasteiger partial charge on any atom is 0.310 e. The second-order valence-electron chi connectivity index (χ2n) is 7.45. The van der Waals surface area contributed by atoms with E-state index in [-0.39, 0.29) is 35.9 Å². The third-order valence-corrected chi connectivity index (χ3v) is 4.38. The van der Waals surface area contributed by atoms with E-state index < -0.39 is 0 Å². The highest BCUT2D eigenvalue weighted by atomic mass is 16.5. The van der Waals surface area contributed by atoms with Gasteiger partial charge in [-0.15, -0.1) is 0 Å². The molecule has 1 aromatic rings. The number of carbonyl (C=O) groups excluding carboxylic acids is 1. The first kappa shape index (κ1) is 17.6. The fraction of sp³-hybridized carbons (Fsp3) is 0.550. The molecule has 0 aliphatic heterocycles. The average molecular weight is 316 g/mol. The van der Waals surface area contributed by atoms with Crippen molar-refractivity contribution in [3.8, 4) is 5.75 Å². The van der Waals surface area contributed by atoms with Gasteiger partial charge in [0, 0.05) is 5.56 Å². The maximum atomic E-state index is 12.4. The van der Waals surface area contributed by atoms with Gasteiger partial charge in [-0.25, -0.2) is 0 Å². The highest BCUT2D eigenvalue weighted by Crippen LogP contribution is 2.59. The van der Waals surface area contributed by atoms with E-state index >= 15 is 0 Å². The SMILES string of the molecule is CC(C)=CC1[C@@H](C(=O)OCc2ccccc2OC(C)C)C1(C)C. The van der Waals surface area contributed by atoms with Crippen LogP contribution in [0.1, 0.15) is 47.1 Å². The van der Waals surface area contributed by atoms with Crippen LogP contribution in [0.15, 0.2) is 35.9 Å². The number of hydrogen-bond donors (Lipinski definition) is 0. The Morgan fingerprint density at radius 3 is 2.52 bits per heavy atom. The molecular weight excluding hydrogens is 288 g/mol. The van der Waals surface area contributed by atoms with Crippen molar-refractivity contribution in [1.82, 2.24) is 0 Å². The van der Waals surface area contributed by atoms with Gasteiger partial charge in [0.2, 0.25) is 0 Å². The summed E-state index contributed by atoms with van der Waals surface area (Å²) in [5, 5.41) is 0. The van der Waals surface area contributed by atoms with Gasteiger partial charge in [0.25, 0.3) is 0 Å². The zero-order valence-electron chi connectivity index (χ0n) is 15.1. The van der Waals surface area contributed by atoms with Gasteiger partial charge < -0.3 is 9.47 Å². The third kappa shape index (κ3) is 4.15. The molecule has 0 heterocycles. The number of rotatable bonds is 6. The summed E-state index contributed by atoms with van der Waals surface area (Å²) in [6.07, 6.45) is 2.28. The standard InChI is InChI=1S/C20H28O3/c1-13(2)11-16-18(20(16,5)6)19(21)22-12-15-9-7-8-10-17(15)23-14(3)4/h7-11,14,16,18H,12H2,1-6H3/t16?,18-/m0/s1. The predicted octanol–water partition coefficient (Wildman–Crippen LogP) is 4.76. The largest absolute Gasteiger partial charge is 0.491 e. The van der Waals surface area contributed by atoms with Crippen molar-refractivity contribution < 1.29 is 14.3 Å². The first-order valence-electron chi connectivity index (χ1n) is 8.29. The van der Waals surface area contributed by atoms with Crippen LogP contribution in [-0.2, 0) is 16.1 Å². The fourth-order valence-electron chi connectivity index (χ4n) is 3.03. The molecule has 0 bridgehead atoms. The Morgan fingerprint density at radius 1 is 1.26 bits per heavy atom. The second-order valence-corrected chi connectivity index (χ2v) is 7.45. The Hall–Kier alpha value is -1.77. The molecule has 0 saturated heterocycles. The molecule has 0 radical (unpaired) electrons. The number of carbonyl (C=O) groups is 1. The molecule has 3 nitrogen and oxygen atoms in total. The van der Waals surface area contributed by atoms with Gasteiger partial charge in [-0.1, -0.05) is 43.7 Å². The quantitative estimate of drug-likeness (QED) is 0.561. The van der Waals surface area contributed by atoms with Crippen molar-refractivity contribution in [2.24, 2.45) is 17.3 Å². The Labute approximate surface area is 139 Å². The van der Waals surface area contributed by atoms with E-state index in [1.54, 1.807) is 0 Å². The number of esters is 1. The highest BCUT2D eigenvalue weighted by Gasteiger charge is 2.61. The molecule has 1 unspecified atom stereocenters. The van der Waals surface area contributed by atoms with E-state index in [0.717, 1.165) is 11.3 Å². The summed E-state index contributed by atoms with van der Waals surface area (Å²) in [6, 6.07) is 7.72. The summed E-state index contributed by atoms with van der Waals surface area (Å²) in [4.78, 5) is 12.4. The van der Waals surface area contributed by atoms with Crippen LogP contribution in [0.2, 0.25) is 0 Å². The first-order valence-corrected chi connectivity index (χ1v) is 8.29. The van der Waals surface area contributed by atoms with E-state index in [4.69, 9.17) is 9.47 Å². The van der Waals surface area contributed by atoms with Gasteiger partial charge in [0.1, 0.15) is 12.4 Å². The van der Waals surface area contributed by atoms with E-state index in [1.807, 2.05) is 38.1 Å². The van der Waals surface area contributed by atoms with Crippen LogP contribution in [-0.4, -0.2) is 12.1 Å². The van der Waals surface area contributed by atoms with Crippen molar-refractivity contribution in [2.45, 2.75) is 54.3 Å². The normalized spacial score (nSPS) is 21.7. The van der Waals surface area contributed by atoms with Crippen LogP contribution >= 0.6 is 0 Å². The summed E-state index contributed by atoms with van der Waals surface area (Å²) in [6.45, 7) is 12.6. The van der Waals surface area contributed by atoms with Gasteiger partial charge in [0.05, 0.1) is 12.0 Å². The van der Waals surface area contributed by atoms with Gasteiger partial charge in [-0.2, -0.15) is 0 Å². The van der Waals surface area contributed by atoms with Gasteiger partial charge in [-0.05, 0) is 45.1 Å². The second kappa shape index (κ2) is 6.77. The third-order valence-electron chi connectivity index (χ3n) is 4.38. The Bertz CT molecular complexity index is 595. The van der Waals surface area contributed by atoms with Crippen molar-refractivity contribution in [1.29, 1.82) is 0 Å². The molecule has 2 rings (SSSR count). The van der Waals surface area contributed by atoms with Gasteiger partial charge in [0.15, 0.2) is 0 Å². The van der Waals surface area contributed by atoms with E-state index in [2.05, 4.69) is 33.8 Å². The minimum atomic E-state index is -0.114. The Morgan fingerprint density at radius 2 is 1.91 bits per heavy atom. The molecule has 126 valence electrons. The van der Waals surface area contributed by atoms with Crippen LogP contribution in [0.5, 0.6) is 5.75 Å². The Balaban J connectivity index is 2.00. The van der Waals surface area contributed by atoms with E-state index in [1.165, 1.54) is 5.57 Å². The summed E-state index contributed by atoms with van der Waals surface area (Å²) < 4.78 is 11.3. The van der Waals surface area contributed by atoms with Crippen molar-refractivity contribution >= 4 is 5.97 Å². The monoisotopic (exact) mass is 316 g/mol. The summed E-state index contributed by atoms with van der Waals surface area (Å²) in [5.74, 6) is 0.904. The first-order chi connectivity index (χ1) is 10.7. The van der Waals surface area contributed by atoms with Crippen LogP contribution in [0.3, 0.4) is 0 Å². The number of benzene rings is 1. The van der Waals surface area contributed by atoms with Gasteiger partial charge in [-0.3, -0.25) is 4.79 Å². The molecule has 0 amide bonds. The van der Waals surface area contributed by atoms with Crippen LogP contribution < -0.4 is 4.74 Å². The predicted molar refractivity (Wildman–Crippen MR) is 92.2 cm³/mol. The number of hydrogen-bond acceptors (Lipinski definition) is 3. The summed E-state index contributed by atoms with van der Waals surface area (Å²) in [5.41, 5.74) is 2.14. The lowest BCUT2D eigenvalue weighted by molar-refractivity contribution is -0.147. The molecule has 3 heteroatoms. The topological polar surface area (TPSA) is 35.5 Å². The molecule has 1 aliphatic carbocycles. The lowest BCUT2D eigenvalue weighted by Gasteiger charge is -2.14. The highest BCUT2D eigenvalue weighted by molar-refractivity contribution is 5.78. The molecule has 23 heavy (non-hydrogen) atoms. The number of allylic oxidation sites excluding steroid dienone is 2. The van der Waals surface area contributed by atoms with E-state index in [9.17, 15) is 4.79 Å². The molecular formula is C20H28O3. The Kier molecular flexibility index (Phi) is 5.18. The molecule has 1 saturated carbocycles. The molecule has 1 aliphatic rings. The molecule has 0 spiro atoms. The lowest BCUT2D eigenvalue weighted by atomic mass is 10.1. The lowest BCUT2D eigenvalue weighted by Crippen LogP contribution is -2.12. The maximum absolute atomic E-state index is 12.4. The zero-order chi connectivity index (χ0) is 17.2. The van der Waals surface area contributed by atoms with Crippen molar-refractivity contribution in [2.75, 3.05) is 0 Å². The van der Waals surface area contributed by atoms with Crippen molar-refractivity contribution in [3.05, 3.63) is 41.5 Å². The molecule has 2 atom stereocenters. The summed E-state index contributed by atoms with van der Waals surface area (Å²) >= 11 is 0.